The minimum absolute atomic E-state index is 0.000735. The number of para-hydroxylation sites is 4. The van der Waals surface area contributed by atoms with Crippen molar-refractivity contribution in [2.24, 2.45) is 0 Å². The van der Waals surface area contributed by atoms with E-state index < -0.39 is 0 Å². The number of hydrogen-bond donors (Lipinski definition) is 0. The average molecular weight is 728 g/mol. The van der Waals surface area contributed by atoms with Gasteiger partial charge in [-0.25, -0.2) is 4.98 Å². The molecule has 5 nitrogen and oxygen atoms in total. The van der Waals surface area contributed by atoms with Crippen LogP contribution in [-0.4, -0.2) is 16.2 Å². The first kappa shape index (κ1) is 30.2. The highest BCUT2D eigenvalue weighted by Gasteiger charge is 2.31. The molecule has 5 heteroatoms. The second kappa shape index (κ2) is 13.9. The van der Waals surface area contributed by atoms with Gasteiger partial charge in [-0.2, -0.15) is 0 Å². The second-order valence-corrected chi connectivity index (χ2v) is 14.4. The van der Waals surface area contributed by atoms with Crippen LogP contribution < -0.4 is 14.5 Å². The van der Waals surface area contributed by atoms with E-state index in [4.69, 9.17) is 7.48 Å². The van der Waals surface area contributed by atoms with Crippen molar-refractivity contribution < 1.29 is 8.85 Å². The molecule has 0 radical (unpaired) electrons. The van der Waals surface area contributed by atoms with Crippen molar-refractivity contribution in [3.05, 3.63) is 194 Å². The molecule has 0 amide bonds. The molecule has 0 atom stereocenters. The molecule has 2 aromatic heterocycles. The van der Waals surface area contributed by atoms with Gasteiger partial charge in [-0.15, -0.1) is 0 Å². The summed E-state index contributed by atoms with van der Waals surface area (Å²) >= 11 is 0. The molecule has 56 heavy (non-hydrogen) atoms. The zero-order valence-electron chi connectivity index (χ0n) is 34.1. The van der Waals surface area contributed by atoms with E-state index in [0.29, 0.717) is 29.5 Å². The maximum Gasteiger partial charge on any atom is 0.137 e. The first-order valence-electron chi connectivity index (χ1n) is 20.5. The normalized spacial score (nSPS) is 13.2. The fraction of sp³-hybridized carbons (Fsp3) is 0.0784. The molecule has 0 aliphatic carbocycles. The number of ether oxygens (including phenoxy) is 1. The molecule has 0 saturated carbocycles. The highest BCUT2D eigenvalue weighted by Crippen LogP contribution is 2.50. The van der Waals surface area contributed by atoms with Crippen LogP contribution in [0.4, 0.5) is 22.7 Å². The molecule has 1 aliphatic rings. The fourth-order valence-corrected chi connectivity index (χ4v) is 7.97. The summed E-state index contributed by atoms with van der Waals surface area (Å²) in [6.07, 6.45) is -0.142. The quantitative estimate of drug-likeness (QED) is 0.156. The monoisotopic (exact) mass is 727 g/mol. The van der Waals surface area contributed by atoms with Crippen LogP contribution in [-0.2, 0) is 0 Å². The lowest BCUT2D eigenvalue weighted by Crippen LogP contribution is -2.24. The van der Waals surface area contributed by atoms with Crippen molar-refractivity contribution in [1.82, 2.24) is 9.55 Å². The summed E-state index contributed by atoms with van der Waals surface area (Å²) in [4.78, 5) is 9.28. The van der Waals surface area contributed by atoms with Crippen molar-refractivity contribution in [2.75, 3.05) is 16.5 Å². The van der Waals surface area contributed by atoms with E-state index >= 15 is 0 Å². The van der Waals surface area contributed by atoms with Crippen LogP contribution in [0.5, 0.6) is 11.5 Å². The van der Waals surface area contributed by atoms with E-state index in [0.717, 1.165) is 66.8 Å². The predicted octanol–water partition coefficient (Wildman–Crippen LogP) is 13.7. The minimum Gasteiger partial charge on any atom is -0.457 e. The molecule has 270 valence electrons. The highest BCUT2D eigenvalue weighted by molar-refractivity contribution is 6.09. The number of aromatic nitrogens is 2. The van der Waals surface area contributed by atoms with Gasteiger partial charge >= 0.3 is 0 Å². The minimum atomic E-state index is -0.142. The van der Waals surface area contributed by atoms with Crippen LogP contribution in [0.25, 0.3) is 49.9 Å². The van der Waals surface area contributed by atoms with Crippen LogP contribution in [0.1, 0.15) is 29.4 Å². The van der Waals surface area contributed by atoms with E-state index in [1.165, 1.54) is 0 Å². The average Bonchev–Trinajstić information content (AvgIpc) is 3.81. The summed E-state index contributed by atoms with van der Waals surface area (Å²) in [5, 5.41) is 1.99. The van der Waals surface area contributed by atoms with E-state index in [1.807, 2.05) is 66.9 Å². The Morgan fingerprint density at radius 1 is 0.589 bits per heavy atom. The lowest BCUT2D eigenvalue weighted by atomic mass is 9.95. The third-order valence-electron chi connectivity index (χ3n) is 10.6. The van der Waals surface area contributed by atoms with Crippen molar-refractivity contribution >= 4 is 44.6 Å². The molecular weight excluding hydrogens is 685 g/mol. The Balaban J connectivity index is 1.05. The van der Waals surface area contributed by atoms with Crippen molar-refractivity contribution in [3.8, 4) is 39.6 Å². The Morgan fingerprint density at radius 2 is 1.21 bits per heavy atom. The second-order valence-electron chi connectivity index (χ2n) is 14.4. The van der Waals surface area contributed by atoms with Gasteiger partial charge in [0.25, 0.3) is 0 Å². The Labute approximate surface area is 331 Å². The van der Waals surface area contributed by atoms with Crippen molar-refractivity contribution in [1.29, 1.82) is 0 Å². The Hall–Kier alpha value is -7.11. The largest absolute Gasteiger partial charge is 0.457 e. The highest BCUT2D eigenvalue weighted by atomic mass is 16.5. The molecule has 9 aromatic rings. The van der Waals surface area contributed by atoms with Gasteiger partial charge in [0.15, 0.2) is 0 Å². The Morgan fingerprint density at radius 3 is 1.95 bits per heavy atom. The third-order valence-corrected chi connectivity index (χ3v) is 10.6. The van der Waals surface area contributed by atoms with E-state index in [9.17, 15) is 1.37 Å². The zero-order chi connectivity index (χ0) is 40.2. The number of pyridine rings is 1. The van der Waals surface area contributed by atoms with Gasteiger partial charge in [-0.1, -0.05) is 129 Å². The Kier molecular flexibility index (Phi) is 7.53. The molecule has 10 rings (SSSR count). The summed E-state index contributed by atoms with van der Waals surface area (Å²) in [7, 11) is 0. The lowest BCUT2D eigenvalue weighted by molar-refractivity contribution is 0.483. The summed E-state index contributed by atoms with van der Waals surface area (Å²) in [6, 6.07) is 58.7. The molecular formula is C51H40N4O. The molecule has 0 spiro atoms. The van der Waals surface area contributed by atoms with Gasteiger partial charge in [0.1, 0.15) is 24.0 Å². The van der Waals surface area contributed by atoms with Gasteiger partial charge in [0.05, 0.1) is 32.2 Å². The SMILES string of the molecule is [2H]c1nc(-n2c3ccccc3c3ccc(Oc4cccc(N5CN(c6c(-c7ccccc7)cccc6-c6ccccc6)c6ccccc65)c4)cc32)c([2H])c(C(C)C)c1[2H]. The van der Waals surface area contributed by atoms with Crippen LogP contribution in [0.2, 0.25) is 0 Å². The first-order chi connectivity index (χ1) is 28.9. The summed E-state index contributed by atoms with van der Waals surface area (Å²) < 4.78 is 34.9. The lowest BCUT2D eigenvalue weighted by Gasteiger charge is -2.27. The van der Waals surface area contributed by atoms with Crippen molar-refractivity contribution in [2.45, 2.75) is 19.8 Å². The topological polar surface area (TPSA) is 33.5 Å². The van der Waals surface area contributed by atoms with Gasteiger partial charge in [0, 0.05) is 45.9 Å². The number of fused-ring (bicyclic) bond motifs is 4. The van der Waals surface area contributed by atoms with E-state index in [2.05, 4.69) is 136 Å². The van der Waals surface area contributed by atoms with Crippen LogP contribution >= 0.6 is 0 Å². The number of nitrogens with zero attached hydrogens (tertiary/aromatic N) is 4. The number of rotatable bonds is 8. The first-order valence-corrected chi connectivity index (χ1v) is 19.0. The smallest absolute Gasteiger partial charge is 0.137 e. The van der Waals surface area contributed by atoms with Gasteiger partial charge in [-0.05, 0) is 77.2 Å². The molecule has 1 aliphatic heterocycles. The molecule has 3 heterocycles. The fourth-order valence-electron chi connectivity index (χ4n) is 7.97. The Bertz CT molecular complexity index is 2980. The van der Waals surface area contributed by atoms with Gasteiger partial charge in [0.2, 0.25) is 0 Å². The number of hydrogen-bond acceptors (Lipinski definition) is 4. The maximum absolute atomic E-state index is 9.19. The predicted molar refractivity (Wildman–Crippen MR) is 232 cm³/mol. The number of benzene rings is 7. The van der Waals surface area contributed by atoms with Crippen LogP contribution in [0, 0.1) is 0 Å². The molecule has 0 bridgehead atoms. The standard InChI is InChI=1S/C51H40N4O/c1-35(2)38-29-30-52-50(31-38)55-46-24-10-9-21-44(46)45-28-27-41(33-49(45)55)56-40-20-13-19-39(32-40)53-34-54(48-26-12-11-25-47(48)53)51-42(36-15-5-3-6-16-36)22-14-23-43(51)37-17-7-4-8-18-37/h3-33,35H,34H2,1-2H3/i29D,30D,31D. The van der Waals surface area contributed by atoms with E-state index in [-0.39, 0.29) is 24.2 Å². The third kappa shape index (κ3) is 5.85. The van der Waals surface area contributed by atoms with Crippen LogP contribution in [0.3, 0.4) is 0 Å². The van der Waals surface area contributed by atoms with Gasteiger partial charge in [-0.3, -0.25) is 4.57 Å². The van der Waals surface area contributed by atoms with E-state index in [1.54, 1.807) is 0 Å². The van der Waals surface area contributed by atoms with Crippen molar-refractivity contribution in [3.63, 3.8) is 0 Å². The summed E-state index contributed by atoms with van der Waals surface area (Å²) in [5.74, 6) is 1.54. The molecule has 0 N–H and O–H groups in total. The molecule has 0 unspecified atom stereocenters. The number of anilines is 4. The molecule has 0 saturated heterocycles. The molecule has 0 fully saturated rings. The van der Waals surface area contributed by atoms with Crippen LogP contribution in [0.15, 0.2) is 188 Å². The van der Waals surface area contributed by atoms with Gasteiger partial charge < -0.3 is 14.5 Å². The summed E-state index contributed by atoms with van der Waals surface area (Å²) in [5.41, 5.74) is 11.2. The summed E-state index contributed by atoms with van der Waals surface area (Å²) in [6.45, 7) is 4.49. The maximum atomic E-state index is 9.19. The molecule has 7 aromatic carbocycles. The zero-order valence-corrected chi connectivity index (χ0v) is 31.1.